The molecule has 6 heteroatoms. The number of ether oxygens (including phenoxy) is 1. The Hall–Kier alpha value is -1.92. The number of nitrogens with zero attached hydrogens (tertiary/aromatic N) is 3. The molecule has 118 valence electrons. The highest BCUT2D eigenvalue weighted by Gasteiger charge is 2.11. The van der Waals surface area contributed by atoms with E-state index in [9.17, 15) is 4.79 Å². The molecule has 1 fully saturated rings. The summed E-state index contributed by atoms with van der Waals surface area (Å²) in [4.78, 5) is 18.7. The molecule has 1 aliphatic rings. The first kappa shape index (κ1) is 15.0. The van der Waals surface area contributed by atoms with Crippen molar-refractivity contribution in [1.82, 2.24) is 14.3 Å². The minimum Gasteiger partial charge on any atom is -0.379 e. The third-order valence-electron chi connectivity index (χ3n) is 3.85. The molecule has 0 saturated carbocycles. The third kappa shape index (κ3) is 3.84. The number of carbonyl (C=O) groups is 1. The molecule has 1 aliphatic heterocycles. The fourth-order valence-electron chi connectivity index (χ4n) is 2.66. The summed E-state index contributed by atoms with van der Waals surface area (Å²) in [7, 11) is 0. The quantitative estimate of drug-likeness (QED) is 0.913. The first-order chi connectivity index (χ1) is 10.7. The molecule has 0 spiro atoms. The molecule has 0 bridgehead atoms. The number of aryl methyl sites for hydroxylation is 1. The second-order valence-electron chi connectivity index (χ2n) is 5.70. The topological polar surface area (TPSA) is 58.9 Å². The predicted octanol–water partition coefficient (Wildman–Crippen LogP) is 1.69. The van der Waals surface area contributed by atoms with E-state index in [-0.39, 0.29) is 5.91 Å². The largest absolute Gasteiger partial charge is 0.379 e. The van der Waals surface area contributed by atoms with Crippen LogP contribution in [0.5, 0.6) is 0 Å². The Morgan fingerprint density at radius 1 is 1.32 bits per heavy atom. The van der Waals surface area contributed by atoms with E-state index in [4.69, 9.17) is 4.74 Å². The summed E-state index contributed by atoms with van der Waals surface area (Å²) in [5, 5.41) is 2.87. The maximum absolute atomic E-state index is 12.0. The van der Waals surface area contributed by atoms with E-state index in [2.05, 4.69) is 15.2 Å². The summed E-state index contributed by atoms with van der Waals surface area (Å²) in [5.41, 5.74) is 2.00. The van der Waals surface area contributed by atoms with Gasteiger partial charge in [0.15, 0.2) is 5.82 Å². The van der Waals surface area contributed by atoms with E-state index in [0.29, 0.717) is 12.2 Å². The van der Waals surface area contributed by atoms with Crippen LogP contribution < -0.4 is 5.32 Å². The van der Waals surface area contributed by atoms with Crippen molar-refractivity contribution in [2.24, 2.45) is 0 Å². The molecule has 0 aliphatic carbocycles. The number of aromatic nitrogens is 2. The van der Waals surface area contributed by atoms with Crippen LogP contribution in [0.4, 0.5) is 5.82 Å². The van der Waals surface area contributed by atoms with Gasteiger partial charge in [-0.05, 0) is 31.5 Å². The van der Waals surface area contributed by atoms with Gasteiger partial charge >= 0.3 is 0 Å². The highest BCUT2D eigenvalue weighted by Crippen LogP contribution is 2.11. The Kier molecular flexibility index (Phi) is 4.70. The first-order valence-electron chi connectivity index (χ1n) is 7.76. The van der Waals surface area contributed by atoms with Crippen molar-refractivity contribution in [2.75, 3.05) is 38.2 Å². The van der Waals surface area contributed by atoms with Crippen LogP contribution in [-0.2, 0) is 9.53 Å². The van der Waals surface area contributed by atoms with Crippen LogP contribution >= 0.6 is 0 Å². The molecule has 22 heavy (non-hydrogen) atoms. The lowest BCUT2D eigenvalue weighted by Crippen LogP contribution is -2.37. The summed E-state index contributed by atoms with van der Waals surface area (Å²) in [6.45, 7) is 6.50. The summed E-state index contributed by atoms with van der Waals surface area (Å²) in [6, 6.07) is 3.96. The highest BCUT2D eigenvalue weighted by atomic mass is 16.5. The highest BCUT2D eigenvalue weighted by molar-refractivity contribution is 5.90. The number of nitrogens with one attached hydrogen (secondary N) is 1. The fourth-order valence-corrected chi connectivity index (χ4v) is 2.66. The average molecular weight is 302 g/mol. The number of morpholine rings is 1. The van der Waals surface area contributed by atoms with E-state index >= 15 is 0 Å². The van der Waals surface area contributed by atoms with Crippen LogP contribution in [0.3, 0.4) is 0 Å². The zero-order valence-corrected chi connectivity index (χ0v) is 12.9. The van der Waals surface area contributed by atoms with E-state index in [0.717, 1.165) is 50.5 Å². The SMILES string of the molecule is Cc1ccc2nc(NC(=O)CCCN3CCOCC3)cn2c1. The summed E-state index contributed by atoms with van der Waals surface area (Å²) < 4.78 is 7.24. The van der Waals surface area contributed by atoms with Crippen LogP contribution in [0.1, 0.15) is 18.4 Å². The number of fused-ring (bicyclic) bond motifs is 1. The Bertz CT molecular complexity index is 647. The summed E-state index contributed by atoms with van der Waals surface area (Å²) >= 11 is 0. The number of anilines is 1. The van der Waals surface area contributed by atoms with Crippen LogP contribution in [0.25, 0.3) is 5.65 Å². The maximum Gasteiger partial charge on any atom is 0.225 e. The van der Waals surface area contributed by atoms with E-state index in [1.54, 1.807) is 0 Å². The van der Waals surface area contributed by atoms with Gasteiger partial charge in [0, 0.05) is 25.7 Å². The van der Waals surface area contributed by atoms with Gasteiger partial charge in [0.2, 0.25) is 5.91 Å². The van der Waals surface area contributed by atoms with Crippen molar-refractivity contribution in [3.63, 3.8) is 0 Å². The van der Waals surface area contributed by atoms with Crippen LogP contribution in [-0.4, -0.2) is 53.0 Å². The molecule has 2 aromatic heterocycles. The molecule has 6 nitrogen and oxygen atoms in total. The minimum atomic E-state index is 0.0217. The number of hydrogen-bond donors (Lipinski definition) is 1. The first-order valence-corrected chi connectivity index (χ1v) is 7.76. The minimum absolute atomic E-state index is 0.0217. The molecule has 0 radical (unpaired) electrons. The summed E-state index contributed by atoms with van der Waals surface area (Å²) in [6.07, 6.45) is 5.22. The zero-order valence-electron chi connectivity index (χ0n) is 12.9. The average Bonchev–Trinajstić information content (AvgIpc) is 2.89. The van der Waals surface area contributed by atoms with Crippen molar-refractivity contribution in [1.29, 1.82) is 0 Å². The number of rotatable bonds is 5. The normalized spacial score (nSPS) is 16.0. The molecular weight excluding hydrogens is 280 g/mol. The van der Waals surface area contributed by atoms with E-state index in [1.165, 1.54) is 0 Å². The van der Waals surface area contributed by atoms with Crippen LogP contribution in [0, 0.1) is 6.92 Å². The summed E-state index contributed by atoms with van der Waals surface area (Å²) in [5.74, 6) is 0.635. The standard InChI is InChI=1S/C16H22N4O2/c1-13-4-5-15-17-14(12-20(15)11-13)18-16(21)3-2-6-19-7-9-22-10-8-19/h4-5,11-12H,2-3,6-10H2,1H3,(H,18,21). The maximum atomic E-state index is 12.0. The van der Waals surface area contributed by atoms with Crippen LogP contribution in [0.15, 0.2) is 24.5 Å². The van der Waals surface area contributed by atoms with E-state index in [1.807, 2.05) is 35.9 Å². The number of carbonyl (C=O) groups excluding carboxylic acids is 1. The van der Waals surface area contributed by atoms with Gasteiger partial charge in [-0.3, -0.25) is 9.69 Å². The van der Waals surface area contributed by atoms with Gasteiger partial charge in [0.05, 0.1) is 19.4 Å². The third-order valence-corrected chi connectivity index (χ3v) is 3.85. The number of imidazole rings is 1. The van der Waals surface area contributed by atoms with Gasteiger partial charge in [0.1, 0.15) is 5.65 Å². The predicted molar refractivity (Wildman–Crippen MR) is 85.1 cm³/mol. The molecule has 3 heterocycles. The van der Waals surface area contributed by atoms with Gasteiger partial charge in [-0.2, -0.15) is 0 Å². The molecule has 2 aromatic rings. The second kappa shape index (κ2) is 6.89. The van der Waals surface area contributed by atoms with Crippen molar-refractivity contribution >= 4 is 17.4 Å². The van der Waals surface area contributed by atoms with Crippen molar-refractivity contribution < 1.29 is 9.53 Å². The Labute approximate surface area is 130 Å². The molecule has 1 amide bonds. The van der Waals surface area contributed by atoms with Crippen molar-refractivity contribution in [3.8, 4) is 0 Å². The van der Waals surface area contributed by atoms with Crippen molar-refractivity contribution in [3.05, 3.63) is 30.1 Å². The molecule has 0 atom stereocenters. The smallest absolute Gasteiger partial charge is 0.225 e. The van der Waals surface area contributed by atoms with Gasteiger partial charge < -0.3 is 14.5 Å². The van der Waals surface area contributed by atoms with Gasteiger partial charge in [-0.15, -0.1) is 0 Å². The lowest BCUT2D eigenvalue weighted by molar-refractivity contribution is -0.116. The number of hydrogen-bond acceptors (Lipinski definition) is 4. The fraction of sp³-hybridized carbons (Fsp3) is 0.500. The molecular formula is C16H22N4O2. The molecule has 1 N–H and O–H groups in total. The zero-order chi connectivity index (χ0) is 15.4. The lowest BCUT2D eigenvalue weighted by atomic mass is 10.2. The molecule has 0 aromatic carbocycles. The molecule has 0 unspecified atom stereocenters. The Morgan fingerprint density at radius 2 is 2.14 bits per heavy atom. The monoisotopic (exact) mass is 302 g/mol. The number of pyridine rings is 1. The van der Waals surface area contributed by atoms with E-state index < -0.39 is 0 Å². The van der Waals surface area contributed by atoms with Gasteiger partial charge in [0.25, 0.3) is 0 Å². The molecule has 1 saturated heterocycles. The molecule has 3 rings (SSSR count). The number of amides is 1. The van der Waals surface area contributed by atoms with Gasteiger partial charge in [-0.25, -0.2) is 4.98 Å². The Balaban J connectivity index is 1.47. The van der Waals surface area contributed by atoms with Gasteiger partial charge in [-0.1, -0.05) is 6.07 Å². The van der Waals surface area contributed by atoms with Crippen LogP contribution in [0.2, 0.25) is 0 Å². The lowest BCUT2D eigenvalue weighted by Gasteiger charge is -2.26. The second-order valence-corrected chi connectivity index (χ2v) is 5.70. The van der Waals surface area contributed by atoms with Crippen molar-refractivity contribution in [2.45, 2.75) is 19.8 Å². The Morgan fingerprint density at radius 3 is 2.95 bits per heavy atom.